The highest BCUT2D eigenvalue weighted by molar-refractivity contribution is 5.84. The number of nitrogen functional groups attached to an aromatic ring is 1. The number of nitrogens with two attached hydrogens (primary N) is 1. The van der Waals surface area contributed by atoms with Crippen LogP contribution in [0.5, 0.6) is 0 Å². The molecule has 2 aromatic rings. The van der Waals surface area contributed by atoms with E-state index < -0.39 is 0 Å². The Bertz CT molecular complexity index is 458. The number of aromatic nitrogens is 4. The highest BCUT2D eigenvalue weighted by Gasteiger charge is 2.13. The molecule has 0 aliphatic carbocycles. The zero-order valence-corrected chi connectivity index (χ0v) is 9.01. The van der Waals surface area contributed by atoms with Crippen LogP contribution in [0.15, 0.2) is 12.5 Å². The van der Waals surface area contributed by atoms with Gasteiger partial charge in [-0.25, -0.2) is 14.6 Å². The normalized spacial score (nSPS) is 11.4. The first-order chi connectivity index (χ1) is 7.27. The molecule has 0 saturated carbocycles. The van der Waals surface area contributed by atoms with Crippen molar-refractivity contribution in [3.05, 3.63) is 12.5 Å². The minimum atomic E-state index is 0.386. The van der Waals surface area contributed by atoms with E-state index in [1.54, 1.807) is 6.20 Å². The maximum atomic E-state index is 5.75. The van der Waals surface area contributed by atoms with Crippen LogP contribution in [0.4, 0.5) is 5.82 Å². The molecule has 0 radical (unpaired) electrons. The van der Waals surface area contributed by atoms with Crippen molar-refractivity contribution in [3.8, 4) is 0 Å². The standard InChI is InChI=1S/C10H15N5/c1-3-7(4-2)15-10-8(5-14-15)9(11)12-6-13-10/h5-7H,3-4H2,1-2H3,(H2,11,12,13). The topological polar surface area (TPSA) is 69.6 Å². The fourth-order valence-electron chi connectivity index (χ4n) is 1.78. The van der Waals surface area contributed by atoms with Crippen LogP contribution in [-0.4, -0.2) is 19.7 Å². The van der Waals surface area contributed by atoms with Gasteiger partial charge in [-0.2, -0.15) is 5.10 Å². The maximum absolute atomic E-state index is 5.75. The molecule has 0 aliphatic rings. The summed E-state index contributed by atoms with van der Waals surface area (Å²) in [5, 5.41) is 5.17. The zero-order chi connectivity index (χ0) is 10.8. The van der Waals surface area contributed by atoms with Crippen LogP contribution in [-0.2, 0) is 0 Å². The molecule has 0 fully saturated rings. The van der Waals surface area contributed by atoms with E-state index in [0.717, 1.165) is 23.9 Å². The van der Waals surface area contributed by atoms with Crippen LogP contribution in [0.2, 0.25) is 0 Å². The molecule has 0 aromatic carbocycles. The van der Waals surface area contributed by atoms with Crippen molar-refractivity contribution < 1.29 is 0 Å². The molecule has 5 nitrogen and oxygen atoms in total. The quantitative estimate of drug-likeness (QED) is 0.829. The summed E-state index contributed by atoms with van der Waals surface area (Å²) in [4.78, 5) is 8.17. The molecular formula is C10H15N5. The maximum Gasteiger partial charge on any atom is 0.163 e. The lowest BCUT2D eigenvalue weighted by atomic mass is 10.2. The fraction of sp³-hybridized carbons (Fsp3) is 0.500. The van der Waals surface area contributed by atoms with Crippen LogP contribution in [0.25, 0.3) is 11.0 Å². The lowest BCUT2D eigenvalue weighted by molar-refractivity contribution is 0.438. The molecule has 15 heavy (non-hydrogen) atoms. The third-order valence-corrected chi connectivity index (χ3v) is 2.71. The SMILES string of the molecule is CCC(CC)n1ncc2c(N)ncnc21. The summed E-state index contributed by atoms with van der Waals surface area (Å²) >= 11 is 0. The van der Waals surface area contributed by atoms with Gasteiger partial charge in [0.15, 0.2) is 5.65 Å². The van der Waals surface area contributed by atoms with E-state index in [4.69, 9.17) is 5.73 Å². The first-order valence-corrected chi connectivity index (χ1v) is 5.21. The predicted molar refractivity (Wildman–Crippen MR) is 59.4 cm³/mol. The fourth-order valence-corrected chi connectivity index (χ4v) is 1.78. The van der Waals surface area contributed by atoms with Crippen molar-refractivity contribution in [2.45, 2.75) is 32.7 Å². The smallest absolute Gasteiger partial charge is 0.163 e. The van der Waals surface area contributed by atoms with Gasteiger partial charge in [0.2, 0.25) is 0 Å². The van der Waals surface area contributed by atoms with Gasteiger partial charge in [-0.05, 0) is 12.8 Å². The summed E-state index contributed by atoms with van der Waals surface area (Å²) < 4.78 is 1.94. The van der Waals surface area contributed by atoms with Crippen LogP contribution in [0.3, 0.4) is 0 Å². The monoisotopic (exact) mass is 205 g/mol. The molecule has 0 saturated heterocycles. The van der Waals surface area contributed by atoms with E-state index >= 15 is 0 Å². The Kier molecular flexibility index (Phi) is 2.53. The Morgan fingerprint density at radius 1 is 1.33 bits per heavy atom. The molecule has 2 aromatic heterocycles. The van der Waals surface area contributed by atoms with Crippen molar-refractivity contribution >= 4 is 16.9 Å². The second-order valence-corrected chi connectivity index (χ2v) is 3.56. The third kappa shape index (κ3) is 1.54. The average Bonchev–Trinajstić information content (AvgIpc) is 2.66. The summed E-state index contributed by atoms with van der Waals surface area (Å²) in [5.41, 5.74) is 6.58. The number of rotatable bonds is 3. The molecule has 0 aliphatic heterocycles. The molecule has 2 heterocycles. The lowest BCUT2D eigenvalue weighted by Gasteiger charge is -2.13. The summed E-state index contributed by atoms with van der Waals surface area (Å²) in [5.74, 6) is 0.497. The van der Waals surface area contributed by atoms with Gasteiger partial charge in [-0.3, -0.25) is 0 Å². The summed E-state index contributed by atoms with van der Waals surface area (Å²) in [7, 11) is 0. The van der Waals surface area contributed by atoms with Crippen LogP contribution >= 0.6 is 0 Å². The van der Waals surface area contributed by atoms with Gasteiger partial charge in [0.25, 0.3) is 0 Å². The molecule has 0 amide bonds. The van der Waals surface area contributed by atoms with Crippen LogP contribution < -0.4 is 5.73 Å². The molecule has 0 atom stereocenters. The van der Waals surface area contributed by atoms with Crippen LogP contribution in [0.1, 0.15) is 32.7 Å². The number of nitrogens with zero attached hydrogens (tertiary/aromatic N) is 4. The second-order valence-electron chi connectivity index (χ2n) is 3.56. The first kappa shape index (κ1) is 9.89. The van der Waals surface area contributed by atoms with Crippen LogP contribution in [0, 0.1) is 0 Å². The van der Waals surface area contributed by atoms with Crippen molar-refractivity contribution in [1.82, 2.24) is 19.7 Å². The minimum absolute atomic E-state index is 0.386. The van der Waals surface area contributed by atoms with Gasteiger partial charge in [0, 0.05) is 0 Å². The summed E-state index contributed by atoms with van der Waals surface area (Å²) in [6.07, 6.45) is 5.30. The first-order valence-electron chi connectivity index (χ1n) is 5.21. The minimum Gasteiger partial charge on any atom is -0.383 e. The molecule has 0 bridgehead atoms. The molecule has 2 N–H and O–H groups in total. The van der Waals surface area contributed by atoms with Gasteiger partial charge in [0.05, 0.1) is 17.6 Å². The van der Waals surface area contributed by atoms with Gasteiger partial charge in [0.1, 0.15) is 12.1 Å². The second kappa shape index (κ2) is 3.84. The number of hydrogen-bond acceptors (Lipinski definition) is 4. The number of anilines is 1. The Morgan fingerprint density at radius 3 is 2.73 bits per heavy atom. The highest BCUT2D eigenvalue weighted by atomic mass is 15.3. The third-order valence-electron chi connectivity index (χ3n) is 2.71. The number of hydrogen-bond donors (Lipinski definition) is 1. The Morgan fingerprint density at radius 2 is 2.07 bits per heavy atom. The largest absolute Gasteiger partial charge is 0.383 e. The van der Waals surface area contributed by atoms with E-state index in [2.05, 4.69) is 28.9 Å². The Balaban J connectivity index is 2.58. The predicted octanol–water partition coefficient (Wildman–Crippen LogP) is 1.77. The van der Waals surface area contributed by atoms with E-state index in [1.165, 1.54) is 6.33 Å². The molecule has 0 spiro atoms. The van der Waals surface area contributed by atoms with Crippen molar-refractivity contribution in [2.24, 2.45) is 0 Å². The zero-order valence-electron chi connectivity index (χ0n) is 9.01. The Hall–Kier alpha value is -1.65. The van der Waals surface area contributed by atoms with Gasteiger partial charge in [-0.1, -0.05) is 13.8 Å². The molecule has 5 heteroatoms. The highest BCUT2D eigenvalue weighted by Crippen LogP contribution is 2.22. The Labute approximate surface area is 88.3 Å². The van der Waals surface area contributed by atoms with Gasteiger partial charge < -0.3 is 5.73 Å². The summed E-state index contributed by atoms with van der Waals surface area (Å²) in [6, 6.07) is 0.386. The molecular weight excluding hydrogens is 190 g/mol. The molecule has 80 valence electrons. The van der Waals surface area contributed by atoms with Gasteiger partial charge in [-0.15, -0.1) is 0 Å². The van der Waals surface area contributed by atoms with Crippen molar-refractivity contribution in [1.29, 1.82) is 0 Å². The summed E-state index contributed by atoms with van der Waals surface area (Å²) in [6.45, 7) is 4.29. The molecule has 2 rings (SSSR count). The van der Waals surface area contributed by atoms with E-state index in [-0.39, 0.29) is 0 Å². The van der Waals surface area contributed by atoms with E-state index in [9.17, 15) is 0 Å². The van der Waals surface area contributed by atoms with Crippen molar-refractivity contribution in [2.75, 3.05) is 5.73 Å². The number of fused-ring (bicyclic) bond motifs is 1. The van der Waals surface area contributed by atoms with Crippen molar-refractivity contribution in [3.63, 3.8) is 0 Å². The van der Waals surface area contributed by atoms with E-state index in [0.29, 0.717) is 11.9 Å². The average molecular weight is 205 g/mol. The molecule has 0 unspecified atom stereocenters. The van der Waals surface area contributed by atoms with E-state index in [1.807, 2.05) is 4.68 Å². The van der Waals surface area contributed by atoms with Gasteiger partial charge >= 0.3 is 0 Å². The lowest BCUT2D eigenvalue weighted by Crippen LogP contribution is -2.09.